The van der Waals surface area contributed by atoms with Gasteiger partial charge in [-0.1, -0.05) is 12.1 Å². The van der Waals surface area contributed by atoms with Gasteiger partial charge in [-0.3, -0.25) is 4.79 Å². The monoisotopic (exact) mass is 357 g/mol. The van der Waals surface area contributed by atoms with Gasteiger partial charge in [-0.25, -0.2) is 0 Å². The summed E-state index contributed by atoms with van der Waals surface area (Å²) in [7, 11) is 1.64. The van der Waals surface area contributed by atoms with Crippen molar-refractivity contribution < 1.29 is 13.9 Å². The number of benzene rings is 1. The zero-order chi connectivity index (χ0) is 17.5. The van der Waals surface area contributed by atoms with Crippen LogP contribution in [0.15, 0.2) is 45.5 Å². The topological polar surface area (TPSA) is 77.2 Å². The van der Waals surface area contributed by atoms with Crippen LogP contribution < -0.4 is 10.1 Å². The van der Waals surface area contributed by atoms with Crippen LogP contribution in [0.1, 0.15) is 17.9 Å². The lowest BCUT2D eigenvalue weighted by molar-refractivity contribution is -0.121. The second-order valence-electron chi connectivity index (χ2n) is 5.46. The third-order valence-corrected chi connectivity index (χ3v) is 4.38. The van der Waals surface area contributed by atoms with E-state index in [1.807, 2.05) is 41.1 Å². The third-order valence-electron chi connectivity index (χ3n) is 3.70. The van der Waals surface area contributed by atoms with Crippen LogP contribution in [0.2, 0.25) is 0 Å². The van der Waals surface area contributed by atoms with Crippen molar-refractivity contribution in [2.45, 2.75) is 19.3 Å². The van der Waals surface area contributed by atoms with Gasteiger partial charge < -0.3 is 14.5 Å². The number of nitrogens with zero attached hydrogens (tertiary/aromatic N) is 2. The zero-order valence-corrected chi connectivity index (χ0v) is 14.7. The molecule has 0 saturated heterocycles. The molecular formula is C18H19N3O3S. The first-order chi connectivity index (χ1) is 12.2. The van der Waals surface area contributed by atoms with E-state index in [4.69, 9.17) is 9.15 Å². The highest BCUT2D eigenvalue weighted by Crippen LogP contribution is 2.20. The van der Waals surface area contributed by atoms with Gasteiger partial charge in [0, 0.05) is 30.3 Å². The molecule has 1 amide bonds. The summed E-state index contributed by atoms with van der Waals surface area (Å²) >= 11 is 1.57. The summed E-state index contributed by atoms with van der Waals surface area (Å²) in [5.74, 6) is 1.78. The molecule has 6 nitrogen and oxygen atoms in total. The van der Waals surface area contributed by atoms with E-state index in [2.05, 4.69) is 15.5 Å². The first-order valence-electron chi connectivity index (χ1n) is 7.99. The number of carbonyl (C=O) groups excluding carboxylic acids is 1. The fraction of sp³-hybridized carbons (Fsp3) is 0.278. The Labute approximate surface area is 149 Å². The summed E-state index contributed by atoms with van der Waals surface area (Å²) in [4.78, 5) is 11.9. The molecule has 0 aliphatic rings. The van der Waals surface area contributed by atoms with Crippen molar-refractivity contribution in [3.63, 3.8) is 0 Å². The fourth-order valence-electron chi connectivity index (χ4n) is 2.30. The van der Waals surface area contributed by atoms with E-state index in [-0.39, 0.29) is 5.91 Å². The second kappa shape index (κ2) is 8.43. The van der Waals surface area contributed by atoms with E-state index in [9.17, 15) is 4.79 Å². The Morgan fingerprint density at radius 1 is 1.20 bits per heavy atom. The molecule has 0 fully saturated rings. The maximum atomic E-state index is 11.9. The molecule has 0 unspecified atom stereocenters. The van der Waals surface area contributed by atoms with Gasteiger partial charge in [-0.15, -0.1) is 10.2 Å². The summed E-state index contributed by atoms with van der Waals surface area (Å²) in [6.45, 7) is 0.592. The van der Waals surface area contributed by atoms with Crippen molar-refractivity contribution in [3.05, 3.63) is 52.5 Å². The number of rotatable bonds is 8. The number of amides is 1. The number of aryl methyl sites for hydroxylation is 1. The van der Waals surface area contributed by atoms with Gasteiger partial charge in [0.1, 0.15) is 5.75 Å². The lowest BCUT2D eigenvalue weighted by Crippen LogP contribution is -2.25. The van der Waals surface area contributed by atoms with Gasteiger partial charge in [0.05, 0.1) is 7.11 Å². The van der Waals surface area contributed by atoms with Crippen LogP contribution >= 0.6 is 11.3 Å². The van der Waals surface area contributed by atoms with E-state index in [1.165, 1.54) is 0 Å². The van der Waals surface area contributed by atoms with E-state index in [0.29, 0.717) is 31.2 Å². The van der Waals surface area contributed by atoms with E-state index in [1.54, 1.807) is 18.4 Å². The lowest BCUT2D eigenvalue weighted by atomic mass is 10.1. The molecule has 7 heteroatoms. The zero-order valence-electron chi connectivity index (χ0n) is 13.9. The molecule has 0 bridgehead atoms. The Morgan fingerprint density at radius 3 is 2.76 bits per heavy atom. The summed E-state index contributed by atoms with van der Waals surface area (Å²) < 4.78 is 10.7. The quantitative estimate of drug-likeness (QED) is 0.670. The first kappa shape index (κ1) is 17.2. The standard InChI is InChI=1S/C18H19N3O3S/c1-23-15-4-2-13(3-5-15)8-10-19-16(22)6-7-17-20-21-18(24-17)14-9-11-25-12-14/h2-5,9,11-12H,6-8,10H2,1H3,(H,19,22). The Balaban J connectivity index is 1.39. The SMILES string of the molecule is COc1ccc(CCNC(=O)CCc2nnc(-c3ccsc3)o2)cc1. The van der Waals surface area contributed by atoms with E-state index >= 15 is 0 Å². The van der Waals surface area contributed by atoms with E-state index in [0.717, 1.165) is 23.3 Å². The number of hydrogen-bond acceptors (Lipinski definition) is 6. The summed E-state index contributed by atoms with van der Waals surface area (Å²) in [5, 5.41) is 14.8. The predicted octanol–water partition coefficient (Wildman–Crippen LogP) is 3.10. The van der Waals surface area contributed by atoms with Gasteiger partial charge in [0.15, 0.2) is 0 Å². The molecular weight excluding hydrogens is 338 g/mol. The van der Waals surface area contributed by atoms with Gasteiger partial charge >= 0.3 is 0 Å². The molecule has 0 saturated carbocycles. The minimum atomic E-state index is -0.0243. The highest BCUT2D eigenvalue weighted by atomic mass is 32.1. The van der Waals surface area contributed by atoms with Crippen molar-refractivity contribution in [2.24, 2.45) is 0 Å². The van der Waals surface area contributed by atoms with Crippen molar-refractivity contribution in [2.75, 3.05) is 13.7 Å². The van der Waals surface area contributed by atoms with Crippen molar-refractivity contribution in [3.8, 4) is 17.2 Å². The molecule has 2 heterocycles. The van der Waals surface area contributed by atoms with Crippen LogP contribution in [-0.2, 0) is 17.6 Å². The average molecular weight is 357 g/mol. The predicted molar refractivity (Wildman–Crippen MR) is 95.6 cm³/mol. The molecule has 0 aliphatic heterocycles. The Bertz CT molecular complexity index is 797. The number of methoxy groups -OCH3 is 1. The fourth-order valence-corrected chi connectivity index (χ4v) is 2.93. The molecule has 3 aromatic rings. The molecule has 0 aliphatic carbocycles. The highest BCUT2D eigenvalue weighted by Gasteiger charge is 2.10. The molecule has 1 N–H and O–H groups in total. The van der Waals surface area contributed by atoms with Crippen LogP contribution in [0, 0.1) is 0 Å². The molecule has 25 heavy (non-hydrogen) atoms. The van der Waals surface area contributed by atoms with E-state index < -0.39 is 0 Å². The molecule has 0 spiro atoms. The largest absolute Gasteiger partial charge is 0.497 e. The van der Waals surface area contributed by atoms with Gasteiger partial charge in [-0.05, 0) is 35.6 Å². The summed E-state index contributed by atoms with van der Waals surface area (Å²) in [6, 6.07) is 9.74. The molecule has 1 aromatic carbocycles. The normalized spacial score (nSPS) is 10.6. The smallest absolute Gasteiger partial charge is 0.248 e. The number of carbonyl (C=O) groups is 1. The molecule has 130 valence electrons. The molecule has 3 rings (SSSR count). The number of nitrogens with one attached hydrogen (secondary N) is 1. The van der Waals surface area contributed by atoms with Gasteiger partial charge in [0.25, 0.3) is 0 Å². The second-order valence-corrected chi connectivity index (χ2v) is 6.24. The molecule has 0 radical (unpaired) electrons. The van der Waals surface area contributed by atoms with Crippen molar-refractivity contribution >= 4 is 17.2 Å². The van der Waals surface area contributed by atoms with Crippen LogP contribution in [0.3, 0.4) is 0 Å². The maximum absolute atomic E-state index is 11.9. The highest BCUT2D eigenvalue weighted by molar-refractivity contribution is 7.08. The summed E-state index contributed by atoms with van der Waals surface area (Å²) in [6.07, 6.45) is 1.54. The Hall–Kier alpha value is -2.67. The Morgan fingerprint density at radius 2 is 2.04 bits per heavy atom. The lowest BCUT2D eigenvalue weighted by Gasteiger charge is -2.05. The summed E-state index contributed by atoms with van der Waals surface area (Å²) in [5.41, 5.74) is 2.06. The van der Waals surface area contributed by atoms with Crippen LogP contribution in [-0.4, -0.2) is 29.8 Å². The third kappa shape index (κ3) is 4.90. The van der Waals surface area contributed by atoms with Gasteiger partial charge in [0.2, 0.25) is 17.7 Å². The van der Waals surface area contributed by atoms with Gasteiger partial charge in [-0.2, -0.15) is 11.3 Å². The number of aromatic nitrogens is 2. The average Bonchev–Trinajstić information content (AvgIpc) is 3.32. The van der Waals surface area contributed by atoms with Crippen molar-refractivity contribution in [1.29, 1.82) is 0 Å². The number of thiophene rings is 1. The Kier molecular flexibility index (Phi) is 5.79. The first-order valence-corrected chi connectivity index (χ1v) is 8.93. The van der Waals surface area contributed by atoms with Crippen LogP contribution in [0.5, 0.6) is 5.75 Å². The minimum Gasteiger partial charge on any atom is -0.497 e. The van der Waals surface area contributed by atoms with Crippen molar-refractivity contribution in [1.82, 2.24) is 15.5 Å². The number of ether oxygens (including phenoxy) is 1. The minimum absolute atomic E-state index is 0.0243. The van der Waals surface area contributed by atoms with Crippen LogP contribution in [0.25, 0.3) is 11.5 Å². The molecule has 2 aromatic heterocycles. The number of hydrogen-bond donors (Lipinski definition) is 1. The molecule has 0 atom stereocenters. The van der Waals surface area contributed by atoms with Crippen LogP contribution in [0.4, 0.5) is 0 Å². The maximum Gasteiger partial charge on any atom is 0.248 e.